The lowest BCUT2D eigenvalue weighted by Crippen LogP contribution is -2.46. The van der Waals surface area contributed by atoms with Gasteiger partial charge in [-0.25, -0.2) is 0 Å². The highest BCUT2D eigenvalue weighted by Gasteiger charge is 2.21. The third-order valence-electron chi connectivity index (χ3n) is 4.47. The van der Waals surface area contributed by atoms with Gasteiger partial charge in [-0.3, -0.25) is 0 Å². The van der Waals surface area contributed by atoms with E-state index in [2.05, 4.69) is 29.2 Å². The highest BCUT2D eigenvalue weighted by atomic mass is 15.2. The number of piperidine rings is 2. The van der Waals surface area contributed by atoms with E-state index in [4.69, 9.17) is 0 Å². The lowest BCUT2D eigenvalue weighted by molar-refractivity contribution is 0.129. The number of hydrogen-bond donors (Lipinski definition) is 1. The normalized spacial score (nSPS) is 31.9. The van der Waals surface area contributed by atoms with Gasteiger partial charge in [0, 0.05) is 18.6 Å². The number of likely N-dealkylation sites (tertiary alicyclic amines) is 1. The molecule has 0 aliphatic carbocycles. The zero-order chi connectivity index (χ0) is 12.1. The molecule has 0 amide bonds. The Morgan fingerprint density at radius 1 is 1.24 bits per heavy atom. The van der Waals surface area contributed by atoms with Crippen LogP contribution in [0.15, 0.2) is 0 Å². The minimum absolute atomic E-state index is 0.785. The fourth-order valence-electron chi connectivity index (χ4n) is 3.21. The summed E-state index contributed by atoms with van der Waals surface area (Å²) in [5, 5.41) is 3.65. The van der Waals surface area contributed by atoms with Crippen molar-refractivity contribution in [1.82, 2.24) is 15.1 Å². The first kappa shape index (κ1) is 13.3. The van der Waals surface area contributed by atoms with Crippen molar-refractivity contribution in [3.63, 3.8) is 0 Å². The summed E-state index contributed by atoms with van der Waals surface area (Å²) in [5.41, 5.74) is 0. The minimum Gasteiger partial charge on any atom is -0.314 e. The molecule has 0 spiro atoms. The Hall–Kier alpha value is -0.120. The van der Waals surface area contributed by atoms with Crippen LogP contribution in [-0.4, -0.2) is 62.2 Å². The van der Waals surface area contributed by atoms with Gasteiger partial charge in [-0.05, 0) is 65.8 Å². The van der Waals surface area contributed by atoms with Gasteiger partial charge in [0.05, 0.1) is 0 Å². The fourth-order valence-corrected chi connectivity index (χ4v) is 3.21. The maximum Gasteiger partial charge on any atom is 0.0220 e. The van der Waals surface area contributed by atoms with E-state index in [0.717, 1.165) is 12.1 Å². The molecule has 0 aromatic carbocycles. The molecule has 100 valence electrons. The fraction of sp³-hybridized carbons (Fsp3) is 1.00. The zero-order valence-corrected chi connectivity index (χ0v) is 11.6. The summed E-state index contributed by atoms with van der Waals surface area (Å²) in [6, 6.07) is 1.57. The Kier molecular flexibility index (Phi) is 5.26. The van der Waals surface area contributed by atoms with Crippen molar-refractivity contribution in [2.45, 2.75) is 50.6 Å². The Labute approximate surface area is 107 Å². The molecular formula is C14H29N3. The molecule has 0 bridgehead atoms. The van der Waals surface area contributed by atoms with Gasteiger partial charge in [-0.15, -0.1) is 0 Å². The molecule has 2 atom stereocenters. The monoisotopic (exact) mass is 239 g/mol. The standard InChI is InChI=1S/C14H29N3/c1-16-10-5-7-14(12-16)17(2)11-8-13-6-3-4-9-15-13/h13-15H,3-12H2,1-2H3. The molecular weight excluding hydrogens is 210 g/mol. The molecule has 2 unspecified atom stereocenters. The van der Waals surface area contributed by atoms with Crippen molar-refractivity contribution in [1.29, 1.82) is 0 Å². The second-order valence-electron chi connectivity index (χ2n) is 5.97. The first-order valence-corrected chi connectivity index (χ1v) is 7.38. The largest absolute Gasteiger partial charge is 0.314 e. The summed E-state index contributed by atoms with van der Waals surface area (Å²) in [5.74, 6) is 0. The van der Waals surface area contributed by atoms with Crippen LogP contribution in [0.4, 0.5) is 0 Å². The lowest BCUT2D eigenvalue weighted by Gasteiger charge is -2.36. The first-order valence-electron chi connectivity index (χ1n) is 7.38. The van der Waals surface area contributed by atoms with Crippen LogP contribution in [0, 0.1) is 0 Å². The van der Waals surface area contributed by atoms with Crippen molar-refractivity contribution >= 4 is 0 Å². The Bertz CT molecular complexity index is 214. The Balaban J connectivity index is 1.67. The summed E-state index contributed by atoms with van der Waals surface area (Å²) < 4.78 is 0. The number of nitrogens with one attached hydrogen (secondary N) is 1. The molecule has 0 radical (unpaired) electrons. The number of hydrogen-bond acceptors (Lipinski definition) is 3. The molecule has 0 aromatic rings. The van der Waals surface area contributed by atoms with Crippen LogP contribution >= 0.6 is 0 Å². The highest BCUT2D eigenvalue weighted by Crippen LogP contribution is 2.15. The maximum absolute atomic E-state index is 3.65. The molecule has 2 saturated heterocycles. The molecule has 17 heavy (non-hydrogen) atoms. The van der Waals surface area contributed by atoms with E-state index in [1.54, 1.807) is 0 Å². The van der Waals surface area contributed by atoms with Crippen LogP contribution in [0.25, 0.3) is 0 Å². The maximum atomic E-state index is 3.65. The van der Waals surface area contributed by atoms with Crippen molar-refractivity contribution in [3.05, 3.63) is 0 Å². The number of rotatable bonds is 4. The van der Waals surface area contributed by atoms with Crippen LogP contribution < -0.4 is 5.32 Å². The average Bonchev–Trinajstić information content (AvgIpc) is 2.37. The average molecular weight is 239 g/mol. The smallest absolute Gasteiger partial charge is 0.0220 e. The molecule has 3 nitrogen and oxygen atoms in total. The van der Waals surface area contributed by atoms with Crippen LogP contribution in [0.3, 0.4) is 0 Å². The predicted molar refractivity (Wildman–Crippen MR) is 73.4 cm³/mol. The first-order chi connectivity index (χ1) is 8.25. The van der Waals surface area contributed by atoms with E-state index in [0.29, 0.717) is 0 Å². The van der Waals surface area contributed by atoms with E-state index in [9.17, 15) is 0 Å². The van der Waals surface area contributed by atoms with Gasteiger partial charge in [0.1, 0.15) is 0 Å². The Morgan fingerprint density at radius 2 is 2.12 bits per heavy atom. The van der Waals surface area contributed by atoms with Gasteiger partial charge in [0.25, 0.3) is 0 Å². The minimum atomic E-state index is 0.785. The zero-order valence-electron chi connectivity index (χ0n) is 11.6. The van der Waals surface area contributed by atoms with E-state index >= 15 is 0 Å². The second kappa shape index (κ2) is 6.72. The van der Waals surface area contributed by atoms with E-state index < -0.39 is 0 Å². The van der Waals surface area contributed by atoms with Crippen LogP contribution in [-0.2, 0) is 0 Å². The lowest BCUT2D eigenvalue weighted by atomic mass is 10.0. The van der Waals surface area contributed by atoms with Crippen LogP contribution in [0.1, 0.15) is 38.5 Å². The van der Waals surface area contributed by atoms with Crippen molar-refractivity contribution in [2.75, 3.05) is 40.3 Å². The molecule has 2 rings (SSSR count). The van der Waals surface area contributed by atoms with Crippen LogP contribution in [0.2, 0.25) is 0 Å². The SMILES string of the molecule is CN1CCCC(N(C)CCC2CCCCN2)C1. The molecule has 0 saturated carbocycles. The number of nitrogens with zero attached hydrogens (tertiary/aromatic N) is 2. The third kappa shape index (κ3) is 4.23. The topological polar surface area (TPSA) is 18.5 Å². The molecule has 2 aliphatic rings. The van der Waals surface area contributed by atoms with Crippen LogP contribution in [0.5, 0.6) is 0 Å². The molecule has 2 aliphatic heterocycles. The van der Waals surface area contributed by atoms with E-state index in [1.807, 2.05) is 0 Å². The summed E-state index contributed by atoms with van der Waals surface area (Å²) in [7, 11) is 4.56. The van der Waals surface area contributed by atoms with Gasteiger partial charge in [-0.1, -0.05) is 6.42 Å². The molecule has 2 fully saturated rings. The number of likely N-dealkylation sites (N-methyl/N-ethyl adjacent to an activating group) is 2. The Morgan fingerprint density at radius 3 is 2.82 bits per heavy atom. The summed E-state index contributed by atoms with van der Waals surface area (Å²) in [4.78, 5) is 5.06. The second-order valence-corrected chi connectivity index (χ2v) is 5.97. The predicted octanol–water partition coefficient (Wildman–Crippen LogP) is 1.54. The van der Waals surface area contributed by atoms with E-state index in [1.165, 1.54) is 64.7 Å². The molecule has 2 heterocycles. The highest BCUT2D eigenvalue weighted by molar-refractivity contribution is 4.79. The van der Waals surface area contributed by atoms with Gasteiger partial charge in [0.15, 0.2) is 0 Å². The van der Waals surface area contributed by atoms with Crippen molar-refractivity contribution in [3.8, 4) is 0 Å². The van der Waals surface area contributed by atoms with Gasteiger partial charge in [-0.2, -0.15) is 0 Å². The van der Waals surface area contributed by atoms with E-state index in [-0.39, 0.29) is 0 Å². The van der Waals surface area contributed by atoms with Crippen molar-refractivity contribution in [2.24, 2.45) is 0 Å². The summed E-state index contributed by atoms with van der Waals surface area (Å²) >= 11 is 0. The molecule has 1 N–H and O–H groups in total. The molecule has 3 heteroatoms. The summed E-state index contributed by atoms with van der Waals surface area (Å²) in [6.07, 6.45) is 8.27. The summed E-state index contributed by atoms with van der Waals surface area (Å²) in [6.45, 7) is 5.04. The third-order valence-corrected chi connectivity index (χ3v) is 4.47. The van der Waals surface area contributed by atoms with Gasteiger partial charge < -0.3 is 15.1 Å². The quantitative estimate of drug-likeness (QED) is 0.803. The van der Waals surface area contributed by atoms with Crippen molar-refractivity contribution < 1.29 is 0 Å². The molecule has 0 aromatic heterocycles. The van der Waals surface area contributed by atoms with Gasteiger partial charge in [0.2, 0.25) is 0 Å². The van der Waals surface area contributed by atoms with Gasteiger partial charge >= 0.3 is 0 Å².